The van der Waals surface area contributed by atoms with Gasteiger partial charge in [-0.2, -0.15) is 5.10 Å². The first-order valence-corrected chi connectivity index (χ1v) is 6.10. The van der Waals surface area contributed by atoms with Crippen LogP contribution in [0.25, 0.3) is 0 Å². The highest BCUT2D eigenvalue weighted by molar-refractivity contribution is 5.69. The van der Waals surface area contributed by atoms with E-state index in [4.69, 9.17) is 15.2 Å². The normalized spacial score (nSPS) is 14.8. The standard InChI is InChI=1S/C12H19N3O3/c1-8-12(13)9(2)15(14-8)5-11(16)18-7-17-6-10-3-4-10/h10H,3-7,13H2,1-2H3. The minimum Gasteiger partial charge on any atom is -0.437 e. The zero-order valence-electron chi connectivity index (χ0n) is 10.8. The van der Waals surface area contributed by atoms with E-state index in [1.165, 1.54) is 12.8 Å². The van der Waals surface area contributed by atoms with Crippen LogP contribution in [0.4, 0.5) is 5.69 Å². The Morgan fingerprint density at radius 3 is 2.78 bits per heavy atom. The van der Waals surface area contributed by atoms with Crippen molar-refractivity contribution in [3.8, 4) is 0 Å². The van der Waals surface area contributed by atoms with Crippen LogP contribution in [-0.2, 0) is 20.8 Å². The largest absolute Gasteiger partial charge is 0.437 e. The Balaban J connectivity index is 1.73. The van der Waals surface area contributed by atoms with Crippen molar-refractivity contribution in [1.29, 1.82) is 0 Å². The maximum Gasteiger partial charge on any atom is 0.329 e. The van der Waals surface area contributed by atoms with E-state index in [2.05, 4.69) is 5.10 Å². The van der Waals surface area contributed by atoms with Gasteiger partial charge in [0, 0.05) is 0 Å². The summed E-state index contributed by atoms with van der Waals surface area (Å²) in [6, 6.07) is 0. The third kappa shape index (κ3) is 3.22. The lowest BCUT2D eigenvalue weighted by Gasteiger charge is -2.06. The molecule has 1 heterocycles. The van der Waals surface area contributed by atoms with E-state index in [0.29, 0.717) is 18.2 Å². The number of aryl methyl sites for hydroxylation is 1. The highest BCUT2D eigenvalue weighted by atomic mass is 16.7. The molecule has 1 saturated carbocycles. The zero-order valence-corrected chi connectivity index (χ0v) is 10.8. The molecule has 1 aromatic heterocycles. The summed E-state index contributed by atoms with van der Waals surface area (Å²) >= 11 is 0. The third-order valence-electron chi connectivity index (χ3n) is 3.07. The van der Waals surface area contributed by atoms with Crippen molar-refractivity contribution >= 4 is 11.7 Å². The van der Waals surface area contributed by atoms with Crippen LogP contribution in [-0.4, -0.2) is 29.1 Å². The van der Waals surface area contributed by atoms with Gasteiger partial charge in [-0.1, -0.05) is 0 Å². The van der Waals surface area contributed by atoms with Crippen molar-refractivity contribution in [3.63, 3.8) is 0 Å². The summed E-state index contributed by atoms with van der Waals surface area (Å²) in [4.78, 5) is 11.5. The maximum atomic E-state index is 11.5. The summed E-state index contributed by atoms with van der Waals surface area (Å²) in [6.45, 7) is 4.40. The molecule has 2 rings (SSSR count). The Morgan fingerprint density at radius 1 is 1.50 bits per heavy atom. The number of carbonyl (C=O) groups is 1. The minimum absolute atomic E-state index is 0.0180. The smallest absolute Gasteiger partial charge is 0.329 e. The van der Waals surface area contributed by atoms with E-state index in [9.17, 15) is 4.79 Å². The summed E-state index contributed by atoms with van der Waals surface area (Å²) in [7, 11) is 0. The van der Waals surface area contributed by atoms with E-state index in [1.807, 2.05) is 13.8 Å². The molecule has 0 aromatic carbocycles. The molecule has 0 atom stereocenters. The van der Waals surface area contributed by atoms with Crippen LogP contribution >= 0.6 is 0 Å². The second-order valence-electron chi connectivity index (χ2n) is 4.69. The predicted octanol–water partition coefficient (Wildman–Crippen LogP) is 1.01. The predicted molar refractivity (Wildman–Crippen MR) is 65.7 cm³/mol. The number of nitrogens with zero attached hydrogens (tertiary/aromatic N) is 2. The number of rotatable bonds is 6. The Hall–Kier alpha value is -1.56. The fraction of sp³-hybridized carbons (Fsp3) is 0.667. The molecule has 1 aliphatic carbocycles. The average Bonchev–Trinajstić information content (AvgIpc) is 3.12. The van der Waals surface area contributed by atoms with Gasteiger partial charge < -0.3 is 15.2 Å². The lowest BCUT2D eigenvalue weighted by Crippen LogP contribution is -2.17. The van der Waals surface area contributed by atoms with Crippen molar-refractivity contribution in [2.75, 3.05) is 19.1 Å². The molecule has 0 bridgehead atoms. The van der Waals surface area contributed by atoms with Crippen LogP contribution in [0.3, 0.4) is 0 Å². The molecule has 1 aliphatic rings. The molecular formula is C12H19N3O3. The number of hydrogen-bond acceptors (Lipinski definition) is 5. The monoisotopic (exact) mass is 253 g/mol. The lowest BCUT2D eigenvalue weighted by molar-refractivity contribution is -0.157. The van der Waals surface area contributed by atoms with Crippen LogP contribution in [0.5, 0.6) is 0 Å². The van der Waals surface area contributed by atoms with E-state index < -0.39 is 0 Å². The fourth-order valence-electron chi connectivity index (χ4n) is 1.64. The van der Waals surface area contributed by atoms with Crippen molar-refractivity contribution in [2.24, 2.45) is 5.92 Å². The van der Waals surface area contributed by atoms with Gasteiger partial charge in [0.15, 0.2) is 6.79 Å². The van der Waals surface area contributed by atoms with Gasteiger partial charge in [0.25, 0.3) is 0 Å². The molecule has 0 spiro atoms. The fourth-order valence-corrected chi connectivity index (χ4v) is 1.64. The number of esters is 1. The first-order valence-electron chi connectivity index (χ1n) is 6.10. The number of hydrogen-bond donors (Lipinski definition) is 1. The van der Waals surface area contributed by atoms with E-state index >= 15 is 0 Å². The Bertz CT molecular complexity index is 438. The quantitative estimate of drug-likeness (QED) is 0.465. The van der Waals surface area contributed by atoms with Crippen molar-refractivity contribution in [3.05, 3.63) is 11.4 Å². The second-order valence-corrected chi connectivity index (χ2v) is 4.69. The van der Waals surface area contributed by atoms with Crippen molar-refractivity contribution in [2.45, 2.75) is 33.2 Å². The molecule has 100 valence electrons. The molecule has 0 unspecified atom stereocenters. The number of ether oxygens (including phenoxy) is 2. The van der Waals surface area contributed by atoms with Crippen molar-refractivity contribution in [1.82, 2.24) is 9.78 Å². The summed E-state index contributed by atoms with van der Waals surface area (Å²) in [5, 5.41) is 4.17. The van der Waals surface area contributed by atoms with Gasteiger partial charge in [0.1, 0.15) is 6.54 Å². The number of nitrogens with two attached hydrogens (primary N) is 1. The van der Waals surface area contributed by atoms with Crippen LogP contribution in [0.1, 0.15) is 24.2 Å². The van der Waals surface area contributed by atoms with Crippen molar-refractivity contribution < 1.29 is 14.3 Å². The van der Waals surface area contributed by atoms with Crippen LogP contribution in [0.2, 0.25) is 0 Å². The zero-order chi connectivity index (χ0) is 13.1. The maximum absolute atomic E-state index is 11.5. The third-order valence-corrected chi connectivity index (χ3v) is 3.07. The van der Waals surface area contributed by atoms with Crippen LogP contribution in [0.15, 0.2) is 0 Å². The van der Waals surface area contributed by atoms with E-state index in [0.717, 1.165) is 11.4 Å². The number of nitrogen functional groups attached to an aromatic ring is 1. The number of carbonyl (C=O) groups excluding carboxylic acids is 1. The summed E-state index contributed by atoms with van der Waals surface area (Å²) in [5.74, 6) is 0.302. The van der Waals surface area contributed by atoms with Gasteiger partial charge >= 0.3 is 5.97 Å². The summed E-state index contributed by atoms with van der Waals surface area (Å²) in [6.07, 6.45) is 2.44. The molecule has 6 heteroatoms. The Labute approximate surface area is 106 Å². The molecule has 0 amide bonds. The molecule has 0 saturated heterocycles. The molecule has 1 aromatic rings. The first-order chi connectivity index (χ1) is 8.58. The molecule has 6 nitrogen and oxygen atoms in total. The van der Waals surface area contributed by atoms with Crippen LogP contribution in [0, 0.1) is 19.8 Å². The Kier molecular flexibility index (Phi) is 3.86. The van der Waals surface area contributed by atoms with Gasteiger partial charge in [-0.25, -0.2) is 4.79 Å². The van der Waals surface area contributed by atoms with Crippen LogP contribution < -0.4 is 5.73 Å². The molecular weight excluding hydrogens is 234 g/mol. The minimum atomic E-state index is -0.364. The molecule has 0 radical (unpaired) electrons. The second kappa shape index (κ2) is 5.39. The van der Waals surface area contributed by atoms with E-state index in [1.54, 1.807) is 4.68 Å². The average molecular weight is 253 g/mol. The summed E-state index contributed by atoms with van der Waals surface area (Å²) in [5.41, 5.74) is 7.91. The topological polar surface area (TPSA) is 79.4 Å². The number of aromatic nitrogens is 2. The molecule has 18 heavy (non-hydrogen) atoms. The highest BCUT2D eigenvalue weighted by Crippen LogP contribution is 2.28. The first kappa shape index (κ1) is 12.9. The van der Waals surface area contributed by atoms with Gasteiger partial charge in [-0.3, -0.25) is 4.68 Å². The SMILES string of the molecule is Cc1nn(CC(=O)OCOCC2CC2)c(C)c1N. The van der Waals surface area contributed by atoms with Gasteiger partial charge in [-0.15, -0.1) is 0 Å². The Morgan fingerprint density at radius 2 is 2.22 bits per heavy atom. The summed E-state index contributed by atoms with van der Waals surface area (Å²) < 4.78 is 11.7. The molecule has 0 aliphatic heterocycles. The lowest BCUT2D eigenvalue weighted by atomic mass is 10.3. The van der Waals surface area contributed by atoms with Gasteiger partial charge in [-0.05, 0) is 32.6 Å². The van der Waals surface area contributed by atoms with Gasteiger partial charge in [0.2, 0.25) is 0 Å². The molecule has 1 fully saturated rings. The van der Waals surface area contributed by atoms with Gasteiger partial charge in [0.05, 0.1) is 23.7 Å². The van der Waals surface area contributed by atoms with E-state index in [-0.39, 0.29) is 19.3 Å². The highest BCUT2D eigenvalue weighted by Gasteiger charge is 2.21. The number of anilines is 1. The molecule has 2 N–H and O–H groups in total.